The van der Waals surface area contributed by atoms with E-state index < -0.39 is 0 Å². The Labute approximate surface area is 127 Å². The number of aromatic nitrogens is 3. The third-order valence-electron chi connectivity index (χ3n) is 5.21. The van der Waals surface area contributed by atoms with Gasteiger partial charge in [0, 0.05) is 31.6 Å². The van der Waals surface area contributed by atoms with E-state index in [9.17, 15) is 0 Å². The highest BCUT2D eigenvalue weighted by Crippen LogP contribution is 2.30. The van der Waals surface area contributed by atoms with E-state index in [1.165, 1.54) is 32.1 Å². The monoisotopic (exact) mass is 291 g/mol. The van der Waals surface area contributed by atoms with Crippen molar-refractivity contribution in [2.45, 2.75) is 64.3 Å². The molecule has 0 radical (unpaired) electrons. The SMILES string of the molecule is CCCCC(CC)c1nc(N2CCCC3CNCC32)n[nH]1. The highest BCUT2D eigenvalue weighted by atomic mass is 15.4. The predicted octanol–water partition coefficient (Wildman–Crippen LogP) is 2.68. The molecule has 3 unspecified atom stereocenters. The van der Waals surface area contributed by atoms with Gasteiger partial charge in [-0.15, -0.1) is 5.10 Å². The summed E-state index contributed by atoms with van der Waals surface area (Å²) < 4.78 is 0. The van der Waals surface area contributed by atoms with Crippen molar-refractivity contribution in [3.05, 3.63) is 5.82 Å². The molecule has 3 rings (SSSR count). The van der Waals surface area contributed by atoms with E-state index in [0.29, 0.717) is 12.0 Å². The molecular formula is C16H29N5. The molecule has 2 fully saturated rings. The Morgan fingerprint density at radius 3 is 3.05 bits per heavy atom. The van der Waals surface area contributed by atoms with Crippen LogP contribution in [-0.4, -0.2) is 40.9 Å². The van der Waals surface area contributed by atoms with Crippen LogP contribution in [0.1, 0.15) is 64.1 Å². The van der Waals surface area contributed by atoms with Gasteiger partial charge in [0.05, 0.1) is 0 Å². The zero-order chi connectivity index (χ0) is 14.7. The zero-order valence-corrected chi connectivity index (χ0v) is 13.4. The second-order valence-electron chi connectivity index (χ2n) is 6.59. The molecule has 2 saturated heterocycles. The van der Waals surface area contributed by atoms with Crippen molar-refractivity contribution >= 4 is 5.95 Å². The molecule has 0 bridgehead atoms. The second kappa shape index (κ2) is 6.77. The van der Waals surface area contributed by atoms with Crippen LogP contribution in [0, 0.1) is 5.92 Å². The normalized spacial score (nSPS) is 26.9. The number of nitrogens with one attached hydrogen (secondary N) is 2. The van der Waals surface area contributed by atoms with Crippen molar-refractivity contribution in [3.8, 4) is 0 Å². The van der Waals surface area contributed by atoms with Gasteiger partial charge in [-0.2, -0.15) is 4.98 Å². The molecule has 5 heteroatoms. The lowest BCUT2D eigenvalue weighted by atomic mass is 9.92. The van der Waals surface area contributed by atoms with Crippen molar-refractivity contribution in [3.63, 3.8) is 0 Å². The largest absolute Gasteiger partial charge is 0.335 e. The van der Waals surface area contributed by atoms with Crippen LogP contribution in [0.25, 0.3) is 0 Å². The fourth-order valence-corrected chi connectivity index (χ4v) is 3.88. The Kier molecular flexibility index (Phi) is 4.78. The zero-order valence-electron chi connectivity index (χ0n) is 13.4. The van der Waals surface area contributed by atoms with Crippen LogP contribution in [0.15, 0.2) is 0 Å². The van der Waals surface area contributed by atoms with Gasteiger partial charge in [0.15, 0.2) is 0 Å². The first-order chi connectivity index (χ1) is 10.3. The Bertz CT molecular complexity index is 444. The summed E-state index contributed by atoms with van der Waals surface area (Å²) in [6.45, 7) is 7.85. The van der Waals surface area contributed by atoms with Gasteiger partial charge in [-0.1, -0.05) is 26.7 Å². The summed E-state index contributed by atoms with van der Waals surface area (Å²) in [6, 6.07) is 0.595. The van der Waals surface area contributed by atoms with Gasteiger partial charge in [-0.3, -0.25) is 5.10 Å². The van der Waals surface area contributed by atoms with Crippen LogP contribution in [0.5, 0.6) is 0 Å². The molecule has 0 spiro atoms. The molecule has 1 aromatic rings. The summed E-state index contributed by atoms with van der Waals surface area (Å²) in [5.41, 5.74) is 0. The summed E-state index contributed by atoms with van der Waals surface area (Å²) >= 11 is 0. The fourth-order valence-electron chi connectivity index (χ4n) is 3.88. The lowest BCUT2D eigenvalue weighted by Gasteiger charge is -2.36. The lowest BCUT2D eigenvalue weighted by Crippen LogP contribution is -2.45. The number of unbranched alkanes of at least 4 members (excludes halogenated alkanes) is 1. The first-order valence-corrected chi connectivity index (χ1v) is 8.73. The minimum Gasteiger partial charge on any atom is -0.335 e. The summed E-state index contributed by atoms with van der Waals surface area (Å²) in [6.07, 6.45) is 7.49. The van der Waals surface area contributed by atoms with E-state index in [0.717, 1.165) is 43.7 Å². The number of nitrogens with zero attached hydrogens (tertiary/aromatic N) is 3. The molecule has 21 heavy (non-hydrogen) atoms. The van der Waals surface area contributed by atoms with Crippen molar-refractivity contribution in [2.75, 3.05) is 24.5 Å². The van der Waals surface area contributed by atoms with Crippen LogP contribution in [0.3, 0.4) is 0 Å². The Morgan fingerprint density at radius 2 is 2.24 bits per heavy atom. The molecule has 118 valence electrons. The summed E-state index contributed by atoms with van der Waals surface area (Å²) in [4.78, 5) is 7.28. The van der Waals surface area contributed by atoms with Gasteiger partial charge in [-0.05, 0) is 31.6 Å². The molecule has 3 heterocycles. The van der Waals surface area contributed by atoms with Crippen molar-refractivity contribution in [2.24, 2.45) is 5.92 Å². The van der Waals surface area contributed by atoms with Crippen LogP contribution in [0.4, 0.5) is 5.95 Å². The second-order valence-corrected chi connectivity index (χ2v) is 6.59. The molecule has 0 saturated carbocycles. The van der Waals surface area contributed by atoms with E-state index in [1.807, 2.05) is 0 Å². The van der Waals surface area contributed by atoms with Crippen molar-refractivity contribution in [1.29, 1.82) is 0 Å². The van der Waals surface area contributed by atoms with E-state index in [-0.39, 0.29) is 0 Å². The number of hydrogen-bond donors (Lipinski definition) is 2. The molecule has 0 aliphatic carbocycles. The average molecular weight is 291 g/mol. The smallest absolute Gasteiger partial charge is 0.245 e. The van der Waals surface area contributed by atoms with E-state index in [1.54, 1.807) is 0 Å². The number of aromatic amines is 1. The van der Waals surface area contributed by atoms with E-state index in [4.69, 9.17) is 4.98 Å². The summed E-state index contributed by atoms with van der Waals surface area (Å²) in [5.74, 6) is 3.34. The fraction of sp³-hybridized carbons (Fsp3) is 0.875. The third kappa shape index (κ3) is 3.07. The molecule has 0 aromatic carbocycles. The Hall–Kier alpha value is -1.10. The van der Waals surface area contributed by atoms with Gasteiger partial charge in [0.1, 0.15) is 5.82 Å². The van der Waals surface area contributed by atoms with Crippen LogP contribution >= 0.6 is 0 Å². The van der Waals surface area contributed by atoms with Gasteiger partial charge >= 0.3 is 0 Å². The number of hydrogen-bond acceptors (Lipinski definition) is 4. The van der Waals surface area contributed by atoms with E-state index in [2.05, 4.69) is 34.3 Å². The van der Waals surface area contributed by atoms with Crippen LogP contribution < -0.4 is 10.2 Å². The minimum atomic E-state index is 0.536. The van der Waals surface area contributed by atoms with Crippen LogP contribution in [0.2, 0.25) is 0 Å². The molecule has 3 atom stereocenters. The maximum atomic E-state index is 4.85. The maximum Gasteiger partial charge on any atom is 0.245 e. The van der Waals surface area contributed by atoms with Crippen molar-refractivity contribution in [1.82, 2.24) is 20.5 Å². The summed E-state index contributed by atoms with van der Waals surface area (Å²) in [5, 5.41) is 11.3. The van der Waals surface area contributed by atoms with Crippen LogP contribution in [-0.2, 0) is 0 Å². The van der Waals surface area contributed by atoms with Crippen molar-refractivity contribution < 1.29 is 0 Å². The van der Waals surface area contributed by atoms with Gasteiger partial charge < -0.3 is 10.2 Å². The number of fused-ring (bicyclic) bond motifs is 1. The predicted molar refractivity (Wildman–Crippen MR) is 85.7 cm³/mol. The average Bonchev–Trinajstić information content (AvgIpc) is 3.16. The lowest BCUT2D eigenvalue weighted by molar-refractivity contribution is 0.381. The standard InChI is InChI=1S/C16H29N5/c1-3-5-7-12(4-2)15-18-16(20-19-15)21-9-6-8-13-10-17-11-14(13)21/h12-14,17H,3-11H2,1-2H3,(H,18,19,20). The first kappa shape index (κ1) is 14.8. The molecule has 2 N–H and O–H groups in total. The number of rotatable bonds is 6. The molecule has 1 aromatic heterocycles. The van der Waals surface area contributed by atoms with E-state index >= 15 is 0 Å². The molecule has 2 aliphatic heterocycles. The Morgan fingerprint density at radius 1 is 1.33 bits per heavy atom. The van der Waals surface area contributed by atoms with Gasteiger partial charge in [0.2, 0.25) is 5.95 Å². The number of H-pyrrole nitrogens is 1. The quantitative estimate of drug-likeness (QED) is 0.846. The molecule has 2 aliphatic rings. The summed E-state index contributed by atoms with van der Waals surface area (Å²) in [7, 11) is 0. The number of anilines is 1. The highest BCUT2D eigenvalue weighted by molar-refractivity contribution is 5.33. The maximum absolute atomic E-state index is 4.85. The third-order valence-corrected chi connectivity index (χ3v) is 5.21. The molecule has 5 nitrogen and oxygen atoms in total. The first-order valence-electron chi connectivity index (χ1n) is 8.73. The topological polar surface area (TPSA) is 56.8 Å². The highest BCUT2D eigenvalue weighted by Gasteiger charge is 2.36. The van der Waals surface area contributed by atoms with Gasteiger partial charge in [-0.25, -0.2) is 0 Å². The Balaban J connectivity index is 1.71. The molecular weight excluding hydrogens is 262 g/mol. The minimum absolute atomic E-state index is 0.536. The molecule has 0 amide bonds. The van der Waals surface area contributed by atoms with Gasteiger partial charge in [0.25, 0.3) is 0 Å². The number of piperidine rings is 1.